The highest BCUT2D eigenvalue weighted by molar-refractivity contribution is 7.09. The average Bonchev–Trinajstić information content (AvgIpc) is 3.07. The molecule has 0 bridgehead atoms. The van der Waals surface area contributed by atoms with Crippen molar-refractivity contribution in [3.63, 3.8) is 0 Å². The number of aryl methyl sites for hydroxylation is 1. The third-order valence-electron chi connectivity index (χ3n) is 2.50. The zero-order valence-electron chi connectivity index (χ0n) is 10.3. The van der Waals surface area contributed by atoms with Crippen molar-refractivity contribution >= 4 is 11.3 Å². The Kier molecular flexibility index (Phi) is 3.10. The van der Waals surface area contributed by atoms with E-state index in [1.807, 2.05) is 24.7 Å². The van der Waals surface area contributed by atoms with Gasteiger partial charge in [0.2, 0.25) is 5.82 Å². The van der Waals surface area contributed by atoms with Crippen molar-refractivity contribution in [3.05, 3.63) is 22.7 Å². The maximum atomic E-state index is 5.50. The Morgan fingerprint density at radius 1 is 1.37 bits per heavy atom. The van der Waals surface area contributed by atoms with Crippen LogP contribution in [0.3, 0.4) is 0 Å². The number of hydrogen-bond donors (Lipinski definition) is 1. The van der Waals surface area contributed by atoms with Crippen LogP contribution in [0.2, 0.25) is 0 Å². The Morgan fingerprint density at radius 3 is 3.00 bits per heavy atom. The van der Waals surface area contributed by atoms with Gasteiger partial charge >= 0.3 is 0 Å². The zero-order valence-corrected chi connectivity index (χ0v) is 11.1. The monoisotopic (exact) mass is 276 g/mol. The lowest BCUT2D eigenvalue weighted by Crippen LogP contribution is -2.01. The molecule has 8 heteroatoms. The minimum absolute atomic E-state index is 0.403. The fraction of sp³-hybridized carbons (Fsp3) is 0.273. The van der Waals surface area contributed by atoms with Crippen LogP contribution < -0.4 is 5.73 Å². The summed E-state index contributed by atoms with van der Waals surface area (Å²) in [5.41, 5.74) is 6.85. The molecule has 3 aromatic heterocycles. The molecule has 0 spiro atoms. The normalized spacial score (nSPS) is 11.1. The minimum Gasteiger partial charge on any atom is -0.332 e. The second-order valence-corrected chi connectivity index (χ2v) is 4.91. The van der Waals surface area contributed by atoms with E-state index in [1.54, 1.807) is 4.68 Å². The number of nitrogens with zero attached hydrogens (tertiary/aromatic N) is 5. The first-order valence-corrected chi connectivity index (χ1v) is 6.63. The zero-order chi connectivity index (χ0) is 13.2. The van der Waals surface area contributed by atoms with Crippen molar-refractivity contribution in [2.75, 3.05) is 6.54 Å². The SMILES string of the molecule is Cn1ccc(-c2noc(-c3csc(CCN)n3)n2)n1. The topological polar surface area (TPSA) is 95.7 Å². The molecule has 0 aromatic carbocycles. The van der Waals surface area contributed by atoms with E-state index in [0.29, 0.717) is 29.6 Å². The molecule has 0 aliphatic heterocycles. The van der Waals surface area contributed by atoms with Crippen LogP contribution in [0.4, 0.5) is 0 Å². The van der Waals surface area contributed by atoms with Gasteiger partial charge in [-0.05, 0) is 12.6 Å². The summed E-state index contributed by atoms with van der Waals surface area (Å²) >= 11 is 1.54. The van der Waals surface area contributed by atoms with Gasteiger partial charge in [0.15, 0.2) is 0 Å². The van der Waals surface area contributed by atoms with Crippen molar-refractivity contribution in [1.82, 2.24) is 24.9 Å². The molecule has 3 rings (SSSR count). The maximum absolute atomic E-state index is 5.50. The van der Waals surface area contributed by atoms with E-state index in [-0.39, 0.29) is 0 Å². The summed E-state index contributed by atoms with van der Waals surface area (Å²) < 4.78 is 6.90. The predicted molar refractivity (Wildman–Crippen MR) is 70.4 cm³/mol. The van der Waals surface area contributed by atoms with Gasteiger partial charge in [-0.1, -0.05) is 5.16 Å². The molecule has 3 aromatic rings. The van der Waals surface area contributed by atoms with Gasteiger partial charge in [0.05, 0.1) is 5.01 Å². The molecule has 0 saturated heterocycles. The van der Waals surface area contributed by atoms with E-state index in [0.717, 1.165) is 11.4 Å². The van der Waals surface area contributed by atoms with Gasteiger partial charge in [-0.2, -0.15) is 10.1 Å². The first-order chi connectivity index (χ1) is 9.26. The van der Waals surface area contributed by atoms with Crippen molar-refractivity contribution in [3.8, 4) is 23.1 Å². The fourth-order valence-corrected chi connectivity index (χ4v) is 2.40. The van der Waals surface area contributed by atoms with E-state index in [4.69, 9.17) is 10.3 Å². The predicted octanol–water partition coefficient (Wildman–Crippen LogP) is 1.09. The summed E-state index contributed by atoms with van der Waals surface area (Å²) in [6, 6.07) is 1.83. The van der Waals surface area contributed by atoms with Gasteiger partial charge in [-0.3, -0.25) is 4.68 Å². The average molecular weight is 276 g/mol. The molecule has 2 N–H and O–H groups in total. The summed E-state index contributed by atoms with van der Waals surface area (Å²) in [5, 5.41) is 11.0. The molecule has 0 fully saturated rings. The first kappa shape index (κ1) is 12.0. The van der Waals surface area contributed by atoms with Crippen LogP contribution >= 0.6 is 11.3 Å². The van der Waals surface area contributed by atoms with Crippen LogP contribution in [0, 0.1) is 0 Å². The van der Waals surface area contributed by atoms with Crippen LogP contribution in [-0.2, 0) is 13.5 Å². The molecule has 3 heterocycles. The molecule has 0 atom stereocenters. The van der Waals surface area contributed by atoms with Crippen molar-refractivity contribution < 1.29 is 4.52 Å². The summed E-state index contributed by atoms with van der Waals surface area (Å²) in [4.78, 5) is 8.70. The lowest BCUT2D eigenvalue weighted by Gasteiger charge is -1.87. The van der Waals surface area contributed by atoms with E-state index in [9.17, 15) is 0 Å². The molecule has 7 nitrogen and oxygen atoms in total. The van der Waals surface area contributed by atoms with Crippen molar-refractivity contribution in [2.24, 2.45) is 12.8 Å². The summed E-state index contributed by atoms with van der Waals surface area (Å²) in [7, 11) is 1.84. The van der Waals surface area contributed by atoms with Crippen LogP contribution in [0.5, 0.6) is 0 Å². The number of hydrogen-bond acceptors (Lipinski definition) is 7. The Morgan fingerprint density at radius 2 is 2.26 bits per heavy atom. The van der Waals surface area contributed by atoms with Crippen LogP contribution in [0.25, 0.3) is 23.1 Å². The molecule has 19 heavy (non-hydrogen) atoms. The van der Waals surface area contributed by atoms with Crippen molar-refractivity contribution in [2.45, 2.75) is 6.42 Å². The quantitative estimate of drug-likeness (QED) is 0.766. The Balaban J connectivity index is 1.87. The van der Waals surface area contributed by atoms with Crippen LogP contribution in [0.15, 0.2) is 22.2 Å². The van der Waals surface area contributed by atoms with Gasteiger partial charge in [-0.25, -0.2) is 4.98 Å². The Labute approximate surface area is 113 Å². The number of nitrogens with two attached hydrogens (primary N) is 1. The molecule has 0 unspecified atom stereocenters. The third kappa shape index (κ3) is 2.40. The smallest absolute Gasteiger partial charge is 0.277 e. The van der Waals surface area contributed by atoms with E-state index in [2.05, 4.69) is 20.2 Å². The van der Waals surface area contributed by atoms with Crippen LogP contribution in [-0.4, -0.2) is 31.4 Å². The fourth-order valence-electron chi connectivity index (χ4n) is 1.61. The molecule has 0 radical (unpaired) electrons. The number of thiazole rings is 1. The molecular weight excluding hydrogens is 264 g/mol. The second kappa shape index (κ2) is 4.90. The second-order valence-electron chi connectivity index (χ2n) is 3.96. The van der Waals surface area contributed by atoms with Crippen LogP contribution in [0.1, 0.15) is 5.01 Å². The van der Waals surface area contributed by atoms with E-state index >= 15 is 0 Å². The van der Waals surface area contributed by atoms with Gasteiger partial charge in [-0.15, -0.1) is 11.3 Å². The third-order valence-corrected chi connectivity index (χ3v) is 3.41. The molecule has 0 aliphatic rings. The van der Waals surface area contributed by atoms with Gasteiger partial charge < -0.3 is 10.3 Å². The summed E-state index contributed by atoms with van der Waals surface area (Å²) in [6.45, 7) is 0.579. The number of rotatable bonds is 4. The molecule has 98 valence electrons. The summed E-state index contributed by atoms with van der Waals surface area (Å²) in [5.74, 6) is 0.865. The molecule has 0 saturated carbocycles. The van der Waals surface area contributed by atoms with Gasteiger partial charge in [0.25, 0.3) is 5.89 Å². The number of aromatic nitrogens is 5. The van der Waals surface area contributed by atoms with Crippen molar-refractivity contribution in [1.29, 1.82) is 0 Å². The molecule has 0 aliphatic carbocycles. The highest BCUT2D eigenvalue weighted by atomic mass is 32.1. The van der Waals surface area contributed by atoms with Gasteiger partial charge in [0, 0.05) is 25.0 Å². The highest BCUT2D eigenvalue weighted by Crippen LogP contribution is 2.22. The Hall–Kier alpha value is -2.06. The molecule has 0 amide bonds. The highest BCUT2D eigenvalue weighted by Gasteiger charge is 2.14. The first-order valence-electron chi connectivity index (χ1n) is 5.75. The summed E-state index contributed by atoms with van der Waals surface area (Å²) in [6.07, 6.45) is 2.58. The Bertz CT molecular complexity index is 685. The molecular formula is C11H12N6OS. The maximum Gasteiger partial charge on any atom is 0.277 e. The van der Waals surface area contributed by atoms with Gasteiger partial charge in [0.1, 0.15) is 11.4 Å². The lowest BCUT2D eigenvalue weighted by molar-refractivity contribution is 0.431. The lowest BCUT2D eigenvalue weighted by atomic mass is 10.4. The standard InChI is InChI=1S/C11H12N6OS/c1-17-5-3-7(15-17)10-14-11(18-16-10)8-6-19-9(13-8)2-4-12/h3,5-6H,2,4,12H2,1H3. The minimum atomic E-state index is 0.403. The largest absolute Gasteiger partial charge is 0.332 e. The van der Waals surface area contributed by atoms with E-state index < -0.39 is 0 Å². The van der Waals surface area contributed by atoms with E-state index in [1.165, 1.54) is 11.3 Å².